The van der Waals surface area contributed by atoms with Gasteiger partial charge in [-0.3, -0.25) is 10.0 Å². The highest BCUT2D eigenvalue weighted by Crippen LogP contribution is 2.03. The van der Waals surface area contributed by atoms with Crippen LogP contribution < -0.4 is 11.7 Å². The van der Waals surface area contributed by atoms with Crippen molar-refractivity contribution in [2.24, 2.45) is 21.8 Å². The molecule has 1 aromatic carbocycles. The fourth-order valence-electron chi connectivity index (χ4n) is 1.27. The van der Waals surface area contributed by atoms with Crippen molar-refractivity contribution in [3.63, 3.8) is 0 Å². The fraction of sp³-hybridized carbons (Fsp3) is 0.200. The number of hydrogen-bond donors (Lipinski definition) is 2. The average Bonchev–Trinajstić information content (AvgIpc) is 2.26. The van der Waals surface area contributed by atoms with Crippen molar-refractivity contribution < 1.29 is 0 Å². The first-order valence-electron chi connectivity index (χ1n) is 4.49. The summed E-state index contributed by atoms with van der Waals surface area (Å²) >= 11 is 0. The number of amidine groups is 1. The molecule has 0 radical (unpaired) electrons. The van der Waals surface area contributed by atoms with Gasteiger partial charge in [0.25, 0.3) is 0 Å². The van der Waals surface area contributed by atoms with E-state index in [1.165, 1.54) is 5.01 Å². The smallest absolute Gasteiger partial charge is 0.187 e. The first kappa shape index (κ1) is 11.2. The van der Waals surface area contributed by atoms with Crippen LogP contribution in [0.5, 0.6) is 0 Å². The predicted octanol–water partition coefficient (Wildman–Crippen LogP) is 0.183. The van der Waals surface area contributed by atoms with E-state index >= 15 is 0 Å². The Bertz CT molecular complexity index is 367. The number of hydrazine groups is 1. The summed E-state index contributed by atoms with van der Waals surface area (Å²) in [6, 6.07) is 9.63. The van der Waals surface area contributed by atoms with Gasteiger partial charge >= 0.3 is 0 Å². The molecule has 5 nitrogen and oxygen atoms in total. The van der Waals surface area contributed by atoms with E-state index in [4.69, 9.17) is 11.7 Å². The van der Waals surface area contributed by atoms with Gasteiger partial charge < -0.3 is 5.84 Å². The summed E-state index contributed by atoms with van der Waals surface area (Å²) in [6.07, 6.45) is 0. The molecule has 0 heterocycles. The van der Waals surface area contributed by atoms with E-state index in [1.807, 2.05) is 30.3 Å². The lowest BCUT2D eigenvalue weighted by Crippen LogP contribution is -2.40. The molecule has 4 N–H and O–H groups in total. The Morgan fingerprint density at radius 1 is 1.27 bits per heavy atom. The number of benzene rings is 1. The van der Waals surface area contributed by atoms with E-state index in [0.29, 0.717) is 11.5 Å². The van der Waals surface area contributed by atoms with Gasteiger partial charge in [0.2, 0.25) is 0 Å². The molecule has 0 aromatic heterocycles. The molecule has 5 heteroatoms. The van der Waals surface area contributed by atoms with Crippen LogP contribution in [-0.2, 0) is 0 Å². The number of likely N-dealkylation sites (N-methyl/N-ethyl adjacent to an activating group) is 1. The molecule has 0 bridgehead atoms. The molecule has 0 aliphatic heterocycles. The fourth-order valence-corrected chi connectivity index (χ4v) is 1.27. The van der Waals surface area contributed by atoms with Crippen molar-refractivity contribution in [1.29, 1.82) is 0 Å². The van der Waals surface area contributed by atoms with Crippen molar-refractivity contribution >= 4 is 11.5 Å². The molecular formula is C10H15N5. The molecule has 0 saturated heterocycles. The number of nitrogens with two attached hydrogens (primary N) is 2. The first-order chi connectivity index (χ1) is 7.20. The highest BCUT2D eigenvalue weighted by molar-refractivity contribution is 6.47. The minimum absolute atomic E-state index is 0.448. The normalized spacial score (nSPS) is 12.7. The third-order valence-electron chi connectivity index (χ3n) is 1.94. The van der Waals surface area contributed by atoms with E-state index in [1.54, 1.807) is 14.1 Å². The SMILES string of the molecule is CN=C(/C(=N/N)N(C)N)c1ccccc1. The zero-order valence-electron chi connectivity index (χ0n) is 8.88. The summed E-state index contributed by atoms with van der Waals surface area (Å²) in [5.74, 6) is 11.3. The summed E-state index contributed by atoms with van der Waals surface area (Å²) < 4.78 is 0. The second-order valence-corrected chi connectivity index (χ2v) is 3.00. The molecular weight excluding hydrogens is 190 g/mol. The Morgan fingerprint density at radius 2 is 1.87 bits per heavy atom. The van der Waals surface area contributed by atoms with Crippen LogP contribution in [0.4, 0.5) is 0 Å². The summed E-state index contributed by atoms with van der Waals surface area (Å²) in [6.45, 7) is 0. The summed E-state index contributed by atoms with van der Waals surface area (Å²) in [4.78, 5) is 4.13. The Labute approximate surface area is 89.1 Å². The average molecular weight is 205 g/mol. The van der Waals surface area contributed by atoms with Gasteiger partial charge in [-0.15, -0.1) is 0 Å². The lowest BCUT2D eigenvalue weighted by Gasteiger charge is -2.15. The maximum Gasteiger partial charge on any atom is 0.187 e. The van der Waals surface area contributed by atoms with Gasteiger partial charge in [0.05, 0.1) is 0 Å². The number of nitrogens with zero attached hydrogens (tertiary/aromatic N) is 3. The molecule has 0 saturated carbocycles. The molecule has 0 fully saturated rings. The van der Waals surface area contributed by atoms with Crippen LogP contribution in [0.2, 0.25) is 0 Å². The number of rotatable bonds is 2. The first-order valence-corrected chi connectivity index (χ1v) is 4.49. The van der Waals surface area contributed by atoms with Gasteiger partial charge in [0, 0.05) is 19.7 Å². The van der Waals surface area contributed by atoms with Crippen molar-refractivity contribution in [3.8, 4) is 0 Å². The van der Waals surface area contributed by atoms with Crippen LogP contribution in [0, 0.1) is 0 Å². The monoisotopic (exact) mass is 205 g/mol. The van der Waals surface area contributed by atoms with Gasteiger partial charge in [0.1, 0.15) is 5.71 Å². The van der Waals surface area contributed by atoms with Crippen molar-refractivity contribution in [2.45, 2.75) is 0 Å². The summed E-state index contributed by atoms with van der Waals surface area (Å²) in [5, 5.41) is 4.96. The zero-order valence-corrected chi connectivity index (χ0v) is 8.88. The molecule has 15 heavy (non-hydrogen) atoms. The van der Waals surface area contributed by atoms with E-state index in [2.05, 4.69) is 10.1 Å². The predicted molar refractivity (Wildman–Crippen MR) is 62.5 cm³/mol. The topological polar surface area (TPSA) is 80.0 Å². The minimum Gasteiger partial charge on any atom is -0.321 e. The Hall–Kier alpha value is -1.88. The Morgan fingerprint density at radius 3 is 2.27 bits per heavy atom. The lowest BCUT2D eigenvalue weighted by atomic mass is 10.1. The number of aliphatic imine (C=N–C) groups is 1. The summed E-state index contributed by atoms with van der Waals surface area (Å²) in [5.41, 5.74) is 1.60. The van der Waals surface area contributed by atoms with Crippen molar-refractivity contribution in [1.82, 2.24) is 5.01 Å². The second-order valence-electron chi connectivity index (χ2n) is 3.00. The molecule has 0 atom stereocenters. The van der Waals surface area contributed by atoms with Crippen molar-refractivity contribution in [3.05, 3.63) is 35.9 Å². The quantitative estimate of drug-likeness (QED) is 0.313. The summed E-state index contributed by atoms with van der Waals surface area (Å²) in [7, 11) is 3.34. The van der Waals surface area contributed by atoms with Crippen LogP contribution in [0.25, 0.3) is 0 Å². The van der Waals surface area contributed by atoms with E-state index in [-0.39, 0.29) is 0 Å². The Balaban J connectivity index is 3.11. The third-order valence-corrected chi connectivity index (χ3v) is 1.94. The van der Waals surface area contributed by atoms with Gasteiger partial charge in [-0.05, 0) is 0 Å². The van der Waals surface area contributed by atoms with Gasteiger partial charge in [0.15, 0.2) is 5.84 Å². The zero-order chi connectivity index (χ0) is 11.3. The van der Waals surface area contributed by atoms with Crippen LogP contribution in [0.1, 0.15) is 5.56 Å². The maximum atomic E-state index is 5.60. The molecule has 0 aliphatic rings. The molecule has 0 aliphatic carbocycles. The molecule has 0 spiro atoms. The lowest BCUT2D eigenvalue weighted by molar-refractivity contribution is 0.543. The number of hydrazone groups is 1. The standard InChI is InChI=1S/C10H15N5/c1-13-9(10(14-11)15(2)12)8-6-4-3-5-7-8/h3-7H,11-12H2,1-2H3/b13-9?,14-10-. The van der Waals surface area contributed by atoms with Crippen LogP contribution in [0.15, 0.2) is 40.4 Å². The van der Waals surface area contributed by atoms with E-state index < -0.39 is 0 Å². The Kier molecular flexibility index (Phi) is 3.82. The molecule has 0 unspecified atom stereocenters. The maximum absolute atomic E-state index is 5.60. The number of hydrogen-bond acceptors (Lipinski definition) is 4. The molecule has 1 aromatic rings. The van der Waals surface area contributed by atoms with Gasteiger partial charge in [-0.2, -0.15) is 5.10 Å². The van der Waals surface area contributed by atoms with Crippen LogP contribution >= 0.6 is 0 Å². The highest BCUT2D eigenvalue weighted by Gasteiger charge is 2.12. The van der Waals surface area contributed by atoms with Gasteiger partial charge in [-0.1, -0.05) is 30.3 Å². The van der Waals surface area contributed by atoms with Crippen LogP contribution in [0.3, 0.4) is 0 Å². The van der Waals surface area contributed by atoms with E-state index in [9.17, 15) is 0 Å². The van der Waals surface area contributed by atoms with E-state index in [0.717, 1.165) is 5.56 Å². The highest BCUT2D eigenvalue weighted by atomic mass is 15.4. The molecule has 1 rings (SSSR count). The molecule has 0 amide bonds. The molecule has 80 valence electrons. The largest absolute Gasteiger partial charge is 0.321 e. The van der Waals surface area contributed by atoms with Crippen molar-refractivity contribution in [2.75, 3.05) is 14.1 Å². The minimum atomic E-state index is 0.448. The third kappa shape index (κ3) is 2.54. The van der Waals surface area contributed by atoms with Gasteiger partial charge in [-0.25, -0.2) is 5.84 Å². The van der Waals surface area contributed by atoms with Crippen LogP contribution in [-0.4, -0.2) is 30.7 Å². The second kappa shape index (κ2) is 5.11.